The van der Waals surface area contributed by atoms with Gasteiger partial charge < -0.3 is 19.4 Å². The van der Waals surface area contributed by atoms with E-state index in [1.165, 1.54) is 0 Å². The van der Waals surface area contributed by atoms with E-state index in [4.69, 9.17) is 9.15 Å². The second-order valence-corrected chi connectivity index (χ2v) is 5.46. The van der Waals surface area contributed by atoms with Gasteiger partial charge in [-0.15, -0.1) is 0 Å². The molecule has 0 bridgehead atoms. The Morgan fingerprint density at radius 3 is 2.96 bits per heavy atom. The van der Waals surface area contributed by atoms with E-state index in [1.807, 2.05) is 12.1 Å². The molecule has 1 saturated heterocycles. The molecule has 0 unspecified atom stereocenters. The van der Waals surface area contributed by atoms with Gasteiger partial charge >= 0.3 is 0 Å². The predicted octanol–water partition coefficient (Wildman–Crippen LogP) is 1.61. The highest BCUT2D eigenvalue weighted by Gasteiger charge is 2.26. The zero-order chi connectivity index (χ0) is 16.1. The molecule has 2 aromatic rings. The fraction of sp³-hybridized carbons (Fsp3) is 0.438. The summed E-state index contributed by atoms with van der Waals surface area (Å²) in [7, 11) is 1.59. The zero-order valence-corrected chi connectivity index (χ0v) is 13.1. The molecule has 1 fully saturated rings. The highest BCUT2D eigenvalue weighted by molar-refractivity contribution is 5.78. The third kappa shape index (κ3) is 3.80. The summed E-state index contributed by atoms with van der Waals surface area (Å²) in [6.45, 7) is 1.95. The van der Waals surface area contributed by atoms with Crippen LogP contribution in [0.2, 0.25) is 0 Å². The molecule has 0 radical (unpaired) electrons. The first-order valence-corrected chi connectivity index (χ1v) is 7.68. The normalized spacial score (nSPS) is 15.4. The number of piperidine rings is 1. The number of hydrogen-bond acceptors (Lipinski definition) is 6. The SMILES string of the molecule is COc1ccnc(N2CCC(C(=O)NCc3ccco3)CC2)n1. The molecule has 1 N–H and O–H groups in total. The quantitative estimate of drug-likeness (QED) is 0.902. The van der Waals surface area contributed by atoms with Crippen molar-refractivity contribution in [1.29, 1.82) is 0 Å². The number of furan rings is 1. The second kappa shape index (κ2) is 7.13. The molecule has 2 aromatic heterocycles. The van der Waals surface area contributed by atoms with E-state index in [-0.39, 0.29) is 11.8 Å². The number of hydrogen-bond donors (Lipinski definition) is 1. The molecule has 0 aromatic carbocycles. The van der Waals surface area contributed by atoms with Crippen LogP contribution in [0.25, 0.3) is 0 Å². The molecule has 122 valence electrons. The molecule has 3 rings (SSSR count). The summed E-state index contributed by atoms with van der Waals surface area (Å²) >= 11 is 0. The van der Waals surface area contributed by atoms with Crippen LogP contribution in [0.3, 0.4) is 0 Å². The van der Waals surface area contributed by atoms with Crippen molar-refractivity contribution in [2.45, 2.75) is 19.4 Å². The summed E-state index contributed by atoms with van der Waals surface area (Å²) in [4.78, 5) is 22.9. The van der Waals surface area contributed by atoms with Gasteiger partial charge in [-0.25, -0.2) is 4.98 Å². The molecular weight excluding hydrogens is 296 g/mol. The van der Waals surface area contributed by atoms with Crippen molar-refractivity contribution in [3.63, 3.8) is 0 Å². The number of rotatable bonds is 5. The Balaban J connectivity index is 1.50. The van der Waals surface area contributed by atoms with Crippen molar-refractivity contribution in [2.75, 3.05) is 25.1 Å². The molecule has 0 aliphatic carbocycles. The lowest BCUT2D eigenvalue weighted by Gasteiger charge is -2.31. The van der Waals surface area contributed by atoms with E-state index in [9.17, 15) is 4.79 Å². The van der Waals surface area contributed by atoms with Crippen LogP contribution in [0.1, 0.15) is 18.6 Å². The third-order valence-electron chi connectivity index (χ3n) is 3.99. The highest BCUT2D eigenvalue weighted by atomic mass is 16.5. The maximum atomic E-state index is 12.2. The summed E-state index contributed by atoms with van der Waals surface area (Å²) in [5.41, 5.74) is 0. The van der Waals surface area contributed by atoms with E-state index in [2.05, 4.69) is 20.2 Å². The number of anilines is 1. The van der Waals surface area contributed by atoms with Crippen LogP contribution in [0.15, 0.2) is 35.1 Å². The number of ether oxygens (including phenoxy) is 1. The summed E-state index contributed by atoms with van der Waals surface area (Å²) in [6, 6.07) is 5.38. The van der Waals surface area contributed by atoms with E-state index in [0.29, 0.717) is 18.4 Å². The predicted molar refractivity (Wildman–Crippen MR) is 84.1 cm³/mol. The Morgan fingerprint density at radius 2 is 2.26 bits per heavy atom. The van der Waals surface area contributed by atoms with Gasteiger partial charge in [0.15, 0.2) is 0 Å². The smallest absolute Gasteiger partial charge is 0.228 e. The fourth-order valence-electron chi connectivity index (χ4n) is 2.67. The number of nitrogens with zero attached hydrogens (tertiary/aromatic N) is 3. The molecule has 0 atom stereocenters. The minimum atomic E-state index is 0.0202. The van der Waals surface area contributed by atoms with Gasteiger partial charge in [-0.05, 0) is 25.0 Å². The molecule has 1 amide bonds. The first-order valence-electron chi connectivity index (χ1n) is 7.68. The number of methoxy groups -OCH3 is 1. The van der Waals surface area contributed by atoms with Gasteiger partial charge in [0.2, 0.25) is 17.7 Å². The highest BCUT2D eigenvalue weighted by Crippen LogP contribution is 2.22. The zero-order valence-electron chi connectivity index (χ0n) is 13.1. The number of amides is 1. The minimum Gasteiger partial charge on any atom is -0.481 e. The Kier molecular flexibility index (Phi) is 4.75. The standard InChI is InChI=1S/C16H20N4O3/c1-22-14-4-7-17-16(19-14)20-8-5-12(6-9-20)15(21)18-11-13-3-2-10-23-13/h2-4,7,10,12H,5-6,8-9,11H2,1H3,(H,18,21). The van der Waals surface area contributed by atoms with Crippen LogP contribution in [0, 0.1) is 5.92 Å². The number of carbonyl (C=O) groups is 1. The molecule has 1 aliphatic rings. The Hall–Kier alpha value is -2.57. The number of carbonyl (C=O) groups excluding carboxylic acids is 1. The molecule has 0 saturated carbocycles. The third-order valence-corrected chi connectivity index (χ3v) is 3.99. The number of nitrogens with one attached hydrogen (secondary N) is 1. The molecule has 23 heavy (non-hydrogen) atoms. The van der Waals surface area contributed by atoms with Crippen LogP contribution in [0.4, 0.5) is 5.95 Å². The van der Waals surface area contributed by atoms with Crippen LogP contribution in [0.5, 0.6) is 5.88 Å². The van der Waals surface area contributed by atoms with E-state index in [1.54, 1.807) is 25.6 Å². The summed E-state index contributed by atoms with van der Waals surface area (Å²) in [6.07, 6.45) is 4.85. The minimum absolute atomic E-state index is 0.0202. The van der Waals surface area contributed by atoms with Crippen molar-refractivity contribution < 1.29 is 13.9 Å². The van der Waals surface area contributed by atoms with Crippen molar-refractivity contribution in [3.05, 3.63) is 36.4 Å². The average molecular weight is 316 g/mol. The molecule has 3 heterocycles. The molecule has 0 spiro atoms. The first-order chi connectivity index (χ1) is 11.3. The maximum absolute atomic E-state index is 12.2. The maximum Gasteiger partial charge on any atom is 0.228 e. The van der Waals surface area contributed by atoms with Gasteiger partial charge in [0.1, 0.15) is 5.76 Å². The van der Waals surface area contributed by atoms with E-state index >= 15 is 0 Å². The van der Waals surface area contributed by atoms with Gasteiger partial charge in [-0.1, -0.05) is 0 Å². The topological polar surface area (TPSA) is 80.5 Å². The largest absolute Gasteiger partial charge is 0.481 e. The lowest BCUT2D eigenvalue weighted by atomic mass is 9.96. The second-order valence-electron chi connectivity index (χ2n) is 5.46. The summed E-state index contributed by atoms with van der Waals surface area (Å²) in [5.74, 6) is 2.06. The van der Waals surface area contributed by atoms with Crippen LogP contribution in [-0.2, 0) is 11.3 Å². The van der Waals surface area contributed by atoms with Gasteiger partial charge in [0.25, 0.3) is 0 Å². The van der Waals surface area contributed by atoms with E-state index in [0.717, 1.165) is 31.7 Å². The Labute approximate surface area is 134 Å². The van der Waals surface area contributed by atoms with Crippen molar-refractivity contribution >= 4 is 11.9 Å². The lowest BCUT2D eigenvalue weighted by molar-refractivity contribution is -0.125. The van der Waals surface area contributed by atoms with Crippen molar-refractivity contribution in [1.82, 2.24) is 15.3 Å². The average Bonchev–Trinajstić information content (AvgIpc) is 3.13. The van der Waals surface area contributed by atoms with Gasteiger partial charge in [-0.3, -0.25) is 4.79 Å². The van der Waals surface area contributed by atoms with E-state index < -0.39 is 0 Å². The van der Waals surface area contributed by atoms with Gasteiger partial charge in [-0.2, -0.15) is 4.98 Å². The molecule has 1 aliphatic heterocycles. The van der Waals surface area contributed by atoms with Crippen LogP contribution < -0.4 is 15.0 Å². The van der Waals surface area contributed by atoms with Crippen molar-refractivity contribution in [3.8, 4) is 5.88 Å². The Morgan fingerprint density at radius 1 is 1.43 bits per heavy atom. The van der Waals surface area contributed by atoms with Crippen LogP contribution >= 0.6 is 0 Å². The van der Waals surface area contributed by atoms with Gasteiger partial charge in [0.05, 0.1) is 19.9 Å². The van der Waals surface area contributed by atoms with Crippen molar-refractivity contribution in [2.24, 2.45) is 5.92 Å². The van der Waals surface area contributed by atoms with Crippen LogP contribution in [-0.4, -0.2) is 36.1 Å². The Bertz CT molecular complexity index is 637. The summed E-state index contributed by atoms with van der Waals surface area (Å²) < 4.78 is 10.3. The monoisotopic (exact) mass is 316 g/mol. The van der Waals surface area contributed by atoms with Gasteiger partial charge in [0, 0.05) is 31.3 Å². The molecule has 7 heteroatoms. The first kappa shape index (κ1) is 15.3. The fourth-order valence-corrected chi connectivity index (χ4v) is 2.67. The molecule has 7 nitrogen and oxygen atoms in total. The number of aromatic nitrogens is 2. The molecular formula is C16H20N4O3. The summed E-state index contributed by atoms with van der Waals surface area (Å²) in [5, 5.41) is 2.93. The lowest BCUT2D eigenvalue weighted by Crippen LogP contribution is -2.41.